The van der Waals surface area contributed by atoms with Crippen LogP contribution in [0.2, 0.25) is 0 Å². The summed E-state index contributed by atoms with van der Waals surface area (Å²) in [6.07, 6.45) is 10.3. The number of ether oxygens (including phenoxy) is 1. The van der Waals surface area contributed by atoms with Crippen LogP contribution in [0.25, 0.3) is 5.82 Å². The summed E-state index contributed by atoms with van der Waals surface area (Å²) in [5.74, 6) is 1.77. The van der Waals surface area contributed by atoms with Gasteiger partial charge in [-0.05, 0) is 82.6 Å². The molecule has 218 valence electrons. The molecule has 1 atom stereocenters. The van der Waals surface area contributed by atoms with Gasteiger partial charge in [0.25, 0.3) is 15.9 Å². The Morgan fingerprint density at radius 3 is 2.68 bits per heavy atom. The van der Waals surface area contributed by atoms with Crippen LogP contribution in [0.5, 0.6) is 5.88 Å². The summed E-state index contributed by atoms with van der Waals surface area (Å²) in [5.41, 5.74) is -0.103. The Hall–Kier alpha value is -3.67. The second-order valence-electron chi connectivity index (χ2n) is 11.8. The number of pyridine rings is 2. The zero-order chi connectivity index (χ0) is 28.6. The maximum atomic E-state index is 13.6. The number of anilines is 2. The van der Waals surface area contributed by atoms with E-state index in [0.29, 0.717) is 42.4 Å². The van der Waals surface area contributed by atoms with E-state index in [1.165, 1.54) is 31.7 Å². The fraction of sp³-hybridized carbons (Fsp3) is 0.517. The van der Waals surface area contributed by atoms with E-state index in [9.17, 15) is 13.2 Å². The molecule has 3 aliphatic rings. The Morgan fingerprint density at radius 1 is 1.02 bits per heavy atom. The number of carbonyl (C=O) groups excluding carboxylic acids is 1. The zero-order valence-electron chi connectivity index (χ0n) is 23.5. The normalized spacial score (nSPS) is 22.2. The van der Waals surface area contributed by atoms with Gasteiger partial charge in [-0.15, -0.1) is 5.10 Å². The lowest BCUT2D eigenvalue weighted by atomic mass is 10.0. The number of aromatic nitrogens is 4. The second-order valence-corrected chi connectivity index (χ2v) is 13.5. The van der Waals surface area contributed by atoms with Crippen LogP contribution in [-0.4, -0.2) is 58.8 Å². The molecule has 11 nitrogen and oxygen atoms in total. The first-order chi connectivity index (χ1) is 19.7. The monoisotopic (exact) mass is 579 g/mol. The number of nitrogens with zero attached hydrogens (tertiary/aromatic N) is 5. The Labute approximate surface area is 240 Å². The number of hydrogen-bond acceptors (Lipinski definition) is 9. The van der Waals surface area contributed by atoms with Gasteiger partial charge in [0, 0.05) is 30.4 Å². The minimum atomic E-state index is -4.22. The van der Waals surface area contributed by atoms with Gasteiger partial charge in [-0.1, -0.05) is 18.9 Å². The van der Waals surface area contributed by atoms with Crippen LogP contribution in [0.4, 0.5) is 11.6 Å². The lowest BCUT2D eigenvalue weighted by Gasteiger charge is -2.38. The van der Waals surface area contributed by atoms with Crippen LogP contribution in [-0.2, 0) is 10.0 Å². The zero-order valence-corrected chi connectivity index (χ0v) is 24.4. The molecule has 2 fully saturated rings. The van der Waals surface area contributed by atoms with E-state index in [2.05, 4.69) is 38.9 Å². The lowest BCUT2D eigenvalue weighted by Crippen LogP contribution is -2.45. The summed E-state index contributed by atoms with van der Waals surface area (Å²) in [4.78, 5) is 25.0. The highest BCUT2D eigenvalue weighted by Crippen LogP contribution is 2.40. The van der Waals surface area contributed by atoms with Crippen LogP contribution in [0.15, 0.2) is 47.6 Å². The van der Waals surface area contributed by atoms with Gasteiger partial charge in [0.1, 0.15) is 11.6 Å². The van der Waals surface area contributed by atoms with Crippen LogP contribution >= 0.6 is 0 Å². The molecule has 3 aromatic heterocycles. The average molecular weight is 580 g/mol. The number of fused-ring (bicyclic) bond motifs is 5. The fourth-order valence-electron chi connectivity index (χ4n) is 6.26. The van der Waals surface area contributed by atoms with Crippen molar-refractivity contribution in [1.29, 1.82) is 0 Å². The van der Waals surface area contributed by atoms with Crippen molar-refractivity contribution in [3.63, 3.8) is 0 Å². The van der Waals surface area contributed by atoms with Gasteiger partial charge in [-0.3, -0.25) is 4.79 Å². The topological polar surface area (TPSA) is 131 Å². The molecule has 6 rings (SSSR count). The molecule has 5 heterocycles. The van der Waals surface area contributed by atoms with Crippen LogP contribution < -0.4 is 19.7 Å². The number of nitrogens with one attached hydrogen (secondary N) is 2. The van der Waals surface area contributed by atoms with Gasteiger partial charge in [0.15, 0.2) is 10.8 Å². The Kier molecular flexibility index (Phi) is 7.35. The molecule has 1 saturated heterocycles. The van der Waals surface area contributed by atoms with Crippen LogP contribution in [0, 0.1) is 5.92 Å². The van der Waals surface area contributed by atoms with Crippen molar-refractivity contribution in [3.05, 3.63) is 48.2 Å². The molecular weight excluding hydrogens is 542 g/mol. The number of amides is 1. The Balaban J connectivity index is 1.37. The standard InChI is InChI=1S/C29H37N7O4S/c1-29(2)16-14-21-9-6-17-30-23-10-5-11-26(31-23)41(38,39)34-28(37)22-12-13-24(32-27(22)36(21)29)35-18-15-25(33-35)40-19-20-7-3-4-8-20/h5,10-13,15,18,20-21H,3-4,6-9,14,16-17,19H2,1-2H3,(H,30,31)(H,34,37). The summed E-state index contributed by atoms with van der Waals surface area (Å²) >= 11 is 0. The molecular formula is C29H37N7O4S. The molecule has 3 aromatic rings. The quantitative estimate of drug-likeness (QED) is 0.464. The summed E-state index contributed by atoms with van der Waals surface area (Å²) in [5, 5.41) is 7.59. The van der Waals surface area contributed by atoms with Crippen LogP contribution in [0.1, 0.15) is 75.6 Å². The maximum absolute atomic E-state index is 13.6. The van der Waals surface area contributed by atoms with E-state index in [1.54, 1.807) is 35.1 Å². The SMILES string of the molecule is CC1(C)CCC2CCCNc3cccc(n3)S(=O)(=O)NC(=O)c3ccc(-n4ccc(OCC5CCCC5)n4)nc3N21. The molecule has 0 radical (unpaired) electrons. The van der Waals surface area contributed by atoms with E-state index in [-0.39, 0.29) is 22.2 Å². The highest BCUT2D eigenvalue weighted by molar-refractivity contribution is 7.90. The van der Waals surface area contributed by atoms with Gasteiger partial charge in [0.05, 0.1) is 12.2 Å². The molecule has 12 heteroatoms. The minimum Gasteiger partial charge on any atom is -0.476 e. The van der Waals surface area contributed by atoms with E-state index >= 15 is 0 Å². The molecule has 1 saturated carbocycles. The number of hydrogen-bond donors (Lipinski definition) is 2. The van der Waals surface area contributed by atoms with Gasteiger partial charge >= 0.3 is 0 Å². The number of sulfonamides is 1. The van der Waals surface area contributed by atoms with E-state index < -0.39 is 15.9 Å². The second kappa shape index (κ2) is 11.0. The molecule has 1 aliphatic carbocycles. The van der Waals surface area contributed by atoms with Crippen molar-refractivity contribution >= 4 is 27.6 Å². The lowest BCUT2D eigenvalue weighted by molar-refractivity contribution is 0.0981. The summed E-state index contributed by atoms with van der Waals surface area (Å²) in [7, 11) is -4.22. The molecule has 0 aromatic carbocycles. The smallest absolute Gasteiger partial charge is 0.281 e. The third kappa shape index (κ3) is 5.74. The Bertz CT molecular complexity index is 1530. The largest absolute Gasteiger partial charge is 0.476 e. The first-order valence-corrected chi connectivity index (χ1v) is 16.0. The van der Waals surface area contributed by atoms with Crippen molar-refractivity contribution in [2.75, 3.05) is 23.4 Å². The number of rotatable bonds is 4. The first-order valence-electron chi connectivity index (χ1n) is 14.5. The van der Waals surface area contributed by atoms with E-state index in [4.69, 9.17) is 9.72 Å². The van der Waals surface area contributed by atoms with E-state index in [0.717, 1.165) is 25.7 Å². The maximum Gasteiger partial charge on any atom is 0.281 e. The number of carbonyl (C=O) groups is 1. The third-order valence-electron chi connectivity index (χ3n) is 8.43. The molecule has 2 N–H and O–H groups in total. The van der Waals surface area contributed by atoms with Crippen molar-refractivity contribution in [2.45, 2.75) is 81.8 Å². The molecule has 0 spiro atoms. The van der Waals surface area contributed by atoms with Crippen molar-refractivity contribution in [1.82, 2.24) is 24.5 Å². The molecule has 41 heavy (non-hydrogen) atoms. The van der Waals surface area contributed by atoms with Crippen molar-refractivity contribution < 1.29 is 17.9 Å². The fourth-order valence-corrected chi connectivity index (χ4v) is 7.20. The third-order valence-corrected chi connectivity index (χ3v) is 9.66. The van der Waals surface area contributed by atoms with Gasteiger partial charge in [-0.25, -0.2) is 19.4 Å². The highest BCUT2D eigenvalue weighted by Gasteiger charge is 2.42. The predicted octanol–water partition coefficient (Wildman–Crippen LogP) is 4.30. The molecule has 1 unspecified atom stereocenters. The molecule has 1 amide bonds. The van der Waals surface area contributed by atoms with Crippen molar-refractivity contribution in [2.24, 2.45) is 5.92 Å². The van der Waals surface area contributed by atoms with E-state index in [1.807, 2.05) is 6.07 Å². The average Bonchev–Trinajstić information content (AvgIpc) is 3.70. The summed E-state index contributed by atoms with van der Waals surface area (Å²) in [6.45, 7) is 5.57. The van der Waals surface area contributed by atoms with Crippen molar-refractivity contribution in [3.8, 4) is 11.7 Å². The van der Waals surface area contributed by atoms with Gasteiger partial charge in [-0.2, -0.15) is 8.42 Å². The molecule has 2 aliphatic heterocycles. The predicted molar refractivity (Wildman–Crippen MR) is 155 cm³/mol. The summed E-state index contributed by atoms with van der Waals surface area (Å²) < 4.78 is 36.2. The Morgan fingerprint density at radius 2 is 1.85 bits per heavy atom. The molecule has 2 bridgehead atoms. The van der Waals surface area contributed by atoms with Gasteiger partial charge < -0.3 is 15.0 Å². The van der Waals surface area contributed by atoms with Crippen LogP contribution in [0.3, 0.4) is 0 Å². The highest BCUT2D eigenvalue weighted by atomic mass is 32.2. The van der Waals surface area contributed by atoms with Gasteiger partial charge in [0.2, 0.25) is 5.88 Å². The first kappa shape index (κ1) is 27.5. The minimum absolute atomic E-state index is 0.128. The summed E-state index contributed by atoms with van der Waals surface area (Å²) in [6, 6.07) is 9.97.